The summed E-state index contributed by atoms with van der Waals surface area (Å²) < 4.78 is 28.2. The van der Waals surface area contributed by atoms with Crippen molar-refractivity contribution in [2.24, 2.45) is 0 Å². The molecular formula is C19H24N2O3S. The molecule has 134 valence electrons. The molecule has 0 saturated heterocycles. The fourth-order valence-electron chi connectivity index (χ4n) is 3.55. The van der Waals surface area contributed by atoms with Gasteiger partial charge in [0.2, 0.25) is 15.9 Å². The number of sulfonamides is 1. The summed E-state index contributed by atoms with van der Waals surface area (Å²) in [5.41, 5.74) is 0. The van der Waals surface area contributed by atoms with Gasteiger partial charge in [-0.05, 0) is 31.2 Å². The molecule has 1 unspecified atom stereocenters. The standard InChI is InChI=1S/C19H24N2O3S/c1-14(19(22)21(2)16-10-4-5-11-16)20-25(23,24)18-13-7-9-15-8-3-6-12-17(15)18/h3,6-9,12-14,16,20H,4-5,10-11H2,1-2H3. The predicted molar refractivity (Wildman–Crippen MR) is 98.8 cm³/mol. The SMILES string of the molecule is CC(NS(=O)(=O)c1cccc2ccccc12)C(=O)N(C)C1CCCC1. The average molecular weight is 360 g/mol. The summed E-state index contributed by atoms with van der Waals surface area (Å²) in [4.78, 5) is 14.5. The maximum Gasteiger partial charge on any atom is 0.241 e. The summed E-state index contributed by atoms with van der Waals surface area (Å²) >= 11 is 0. The topological polar surface area (TPSA) is 66.5 Å². The number of hydrogen-bond donors (Lipinski definition) is 1. The van der Waals surface area contributed by atoms with E-state index in [9.17, 15) is 13.2 Å². The molecule has 1 aliphatic carbocycles. The lowest BCUT2D eigenvalue weighted by Gasteiger charge is -2.27. The highest BCUT2D eigenvalue weighted by molar-refractivity contribution is 7.89. The highest BCUT2D eigenvalue weighted by Gasteiger charge is 2.29. The molecule has 0 heterocycles. The summed E-state index contributed by atoms with van der Waals surface area (Å²) in [6.07, 6.45) is 4.23. The van der Waals surface area contributed by atoms with E-state index in [1.54, 1.807) is 37.1 Å². The van der Waals surface area contributed by atoms with Crippen molar-refractivity contribution in [3.8, 4) is 0 Å². The molecule has 1 amide bonds. The van der Waals surface area contributed by atoms with Crippen molar-refractivity contribution in [3.05, 3.63) is 42.5 Å². The Kier molecular flexibility index (Phi) is 5.11. The molecule has 0 aliphatic heterocycles. The van der Waals surface area contributed by atoms with Gasteiger partial charge in [0.25, 0.3) is 0 Å². The first-order chi connectivity index (χ1) is 11.9. The van der Waals surface area contributed by atoms with E-state index in [1.165, 1.54) is 0 Å². The van der Waals surface area contributed by atoms with Crippen LogP contribution in [0.4, 0.5) is 0 Å². The minimum Gasteiger partial charge on any atom is -0.341 e. The van der Waals surface area contributed by atoms with Gasteiger partial charge in [-0.15, -0.1) is 0 Å². The van der Waals surface area contributed by atoms with Gasteiger partial charge in [0, 0.05) is 18.5 Å². The van der Waals surface area contributed by atoms with Gasteiger partial charge in [-0.1, -0.05) is 49.2 Å². The lowest BCUT2D eigenvalue weighted by molar-refractivity contribution is -0.133. The summed E-state index contributed by atoms with van der Waals surface area (Å²) in [6, 6.07) is 11.9. The number of fused-ring (bicyclic) bond motifs is 1. The second-order valence-corrected chi connectivity index (χ2v) is 8.39. The van der Waals surface area contributed by atoms with Crippen LogP contribution in [0, 0.1) is 0 Å². The Morgan fingerprint density at radius 2 is 1.76 bits per heavy atom. The van der Waals surface area contributed by atoms with Crippen molar-refractivity contribution in [1.82, 2.24) is 9.62 Å². The monoisotopic (exact) mass is 360 g/mol. The molecule has 2 aromatic carbocycles. The average Bonchev–Trinajstić information content (AvgIpc) is 3.14. The largest absolute Gasteiger partial charge is 0.341 e. The third kappa shape index (κ3) is 3.70. The van der Waals surface area contributed by atoms with Crippen LogP contribution in [-0.2, 0) is 14.8 Å². The minimum atomic E-state index is -3.79. The first-order valence-electron chi connectivity index (χ1n) is 8.67. The Balaban J connectivity index is 1.81. The Morgan fingerprint density at radius 3 is 2.48 bits per heavy atom. The van der Waals surface area contributed by atoms with E-state index in [1.807, 2.05) is 24.3 Å². The summed E-state index contributed by atoms with van der Waals surface area (Å²) in [6.45, 7) is 1.61. The van der Waals surface area contributed by atoms with Crippen molar-refractivity contribution in [3.63, 3.8) is 0 Å². The lowest BCUT2D eigenvalue weighted by atomic mass is 10.1. The Morgan fingerprint density at radius 1 is 1.12 bits per heavy atom. The fourth-order valence-corrected chi connectivity index (χ4v) is 4.98. The van der Waals surface area contributed by atoms with Crippen molar-refractivity contribution >= 4 is 26.7 Å². The van der Waals surface area contributed by atoms with E-state index >= 15 is 0 Å². The molecule has 25 heavy (non-hydrogen) atoms. The molecule has 5 nitrogen and oxygen atoms in total. The molecule has 2 aromatic rings. The number of likely N-dealkylation sites (N-methyl/N-ethyl adjacent to an activating group) is 1. The molecule has 0 radical (unpaired) electrons. The van der Waals surface area contributed by atoms with E-state index in [4.69, 9.17) is 0 Å². The number of nitrogens with one attached hydrogen (secondary N) is 1. The van der Waals surface area contributed by atoms with E-state index in [0.29, 0.717) is 5.39 Å². The molecule has 3 rings (SSSR count). The highest BCUT2D eigenvalue weighted by Crippen LogP contribution is 2.24. The first kappa shape index (κ1) is 17.9. The maximum absolute atomic E-state index is 12.8. The predicted octanol–water partition coefficient (Wildman–Crippen LogP) is 2.91. The third-order valence-electron chi connectivity index (χ3n) is 4.96. The number of hydrogen-bond acceptors (Lipinski definition) is 3. The van der Waals surface area contributed by atoms with Crippen LogP contribution in [0.2, 0.25) is 0 Å². The second-order valence-electron chi connectivity index (χ2n) is 6.71. The van der Waals surface area contributed by atoms with Crippen LogP contribution >= 0.6 is 0 Å². The van der Waals surface area contributed by atoms with E-state index in [-0.39, 0.29) is 16.8 Å². The molecule has 1 atom stereocenters. The number of amides is 1. The molecule has 1 saturated carbocycles. The second kappa shape index (κ2) is 7.14. The van der Waals surface area contributed by atoms with E-state index in [2.05, 4.69) is 4.72 Å². The van der Waals surface area contributed by atoms with Crippen molar-refractivity contribution < 1.29 is 13.2 Å². The van der Waals surface area contributed by atoms with Gasteiger partial charge in [0.15, 0.2) is 0 Å². The van der Waals surface area contributed by atoms with Crippen LogP contribution in [0.25, 0.3) is 10.8 Å². The number of carbonyl (C=O) groups is 1. The van der Waals surface area contributed by atoms with Crippen molar-refractivity contribution in [2.45, 2.75) is 49.6 Å². The van der Waals surface area contributed by atoms with Gasteiger partial charge in [-0.3, -0.25) is 4.79 Å². The molecule has 0 bridgehead atoms. The summed E-state index contributed by atoms with van der Waals surface area (Å²) in [5, 5.41) is 1.51. The zero-order valence-corrected chi connectivity index (χ0v) is 15.4. The highest BCUT2D eigenvalue weighted by atomic mass is 32.2. The smallest absolute Gasteiger partial charge is 0.241 e. The molecule has 1 aliphatic rings. The van der Waals surface area contributed by atoms with Gasteiger partial charge in [0.1, 0.15) is 0 Å². The van der Waals surface area contributed by atoms with Gasteiger partial charge in [-0.25, -0.2) is 8.42 Å². The van der Waals surface area contributed by atoms with Crippen LogP contribution < -0.4 is 4.72 Å². The molecule has 6 heteroatoms. The quantitative estimate of drug-likeness (QED) is 0.891. The molecule has 1 N–H and O–H groups in total. The fraction of sp³-hybridized carbons (Fsp3) is 0.421. The van der Waals surface area contributed by atoms with E-state index in [0.717, 1.165) is 31.1 Å². The van der Waals surface area contributed by atoms with Crippen LogP contribution in [0.15, 0.2) is 47.4 Å². The van der Waals surface area contributed by atoms with Gasteiger partial charge in [0.05, 0.1) is 10.9 Å². The van der Waals surface area contributed by atoms with Crippen molar-refractivity contribution in [2.75, 3.05) is 7.05 Å². The molecule has 1 fully saturated rings. The number of nitrogens with zero attached hydrogens (tertiary/aromatic N) is 1. The molecular weight excluding hydrogens is 336 g/mol. The van der Waals surface area contributed by atoms with Crippen LogP contribution in [-0.4, -0.2) is 38.4 Å². The van der Waals surface area contributed by atoms with E-state index < -0.39 is 16.1 Å². The molecule has 0 aromatic heterocycles. The summed E-state index contributed by atoms with van der Waals surface area (Å²) in [7, 11) is -2.02. The lowest BCUT2D eigenvalue weighted by Crippen LogP contribution is -2.48. The van der Waals surface area contributed by atoms with Crippen LogP contribution in [0.3, 0.4) is 0 Å². The number of rotatable bonds is 5. The van der Waals surface area contributed by atoms with Crippen LogP contribution in [0.5, 0.6) is 0 Å². The summed E-state index contributed by atoms with van der Waals surface area (Å²) in [5.74, 6) is -0.185. The minimum absolute atomic E-state index is 0.185. The zero-order valence-electron chi connectivity index (χ0n) is 14.6. The first-order valence-corrected chi connectivity index (χ1v) is 10.2. The molecule has 0 spiro atoms. The maximum atomic E-state index is 12.8. The van der Waals surface area contributed by atoms with Gasteiger partial charge >= 0.3 is 0 Å². The normalized spacial score (nSPS) is 16.9. The zero-order chi connectivity index (χ0) is 18.0. The van der Waals surface area contributed by atoms with Gasteiger partial charge < -0.3 is 4.90 Å². The Hall–Kier alpha value is -1.92. The van der Waals surface area contributed by atoms with Gasteiger partial charge in [-0.2, -0.15) is 4.72 Å². The Labute approximate surface area is 149 Å². The number of carbonyl (C=O) groups excluding carboxylic acids is 1. The van der Waals surface area contributed by atoms with Crippen molar-refractivity contribution in [1.29, 1.82) is 0 Å². The number of benzene rings is 2. The van der Waals surface area contributed by atoms with Crippen LogP contribution in [0.1, 0.15) is 32.6 Å². The third-order valence-corrected chi connectivity index (χ3v) is 6.56. The Bertz CT molecular complexity index is 868.